The maximum atomic E-state index is 13.5. The number of rotatable bonds is 5. The number of carbonyl (C=O) groups is 3. The van der Waals surface area contributed by atoms with Crippen LogP contribution < -0.4 is 24.8 Å². The van der Waals surface area contributed by atoms with Crippen molar-refractivity contribution in [3.05, 3.63) is 47.8 Å². The maximum Gasteiger partial charge on any atom is 0.338 e. The first kappa shape index (κ1) is 19.9. The van der Waals surface area contributed by atoms with Gasteiger partial charge in [0.1, 0.15) is 19.0 Å². The van der Waals surface area contributed by atoms with Crippen LogP contribution in [0, 0.1) is 5.82 Å². The topological polar surface area (TPSA) is 112 Å². The van der Waals surface area contributed by atoms with E-state index in [0.29, 0.717) is 24.7 Å². The van der Waals surface area contributed by atoms with Crippen LogP contribution in [0.15, 0.2) is 36.4 Å². The molecule has 0 spiro atoms. The van der Waals surface area contributed by atoms with Crippen LogP contribution >= 0.6 is 0 Å². The molecule has 2 aromatic rings. The summed E-state index contributed by atoms with van der Waals surface area (Å²) in [7, 11) is 1.41. The van der Waals surface area contributed by atoms with Crippen molar-refractivity contribution in [2.75, 3.05) is 32.2 Å². The summed E-state index contributed by atoms with van der Waals surface area (Å²) in [5.41, 5.74) is -0.0205. The van der Waals surface area contributed by atoms with Gasteiger partial charge < -0.3 is 24.3 Å². The molecule has 0 unspecified atom stereocenters. The highest BCUT2D eigenvalue weighted by Gasteiger charge is 2.22. The average molecular weight is 404 g/mol. The van der Waals surface area contributed by atoms with Crippen LogP contribution in [-0.2, 0) is 9.53 Å². The Hall–Kier alpha value is -3.82. The molecule has 2 N–H and O–H groups in total. The fraction of sp³-hybridized carbons (Fsp3) is 0.211. The van der Waals surface area contributed by atoms with Crippen LogP contribution in [-0.4, -0.2) is 44.8 Å². The number of hydrogen-bond donors (Lipinski definition) is 2. The Labute approximate surface area is 164 Å². The monoisotopic (exact) mass is 404 g/mol. The molecule has 0 radical (unpaired) electrons. The molecule has 0 saturated heterocycles. The molecule has 10 heteroatoms. The first-order chi connectivity index (χ1) is 14.0. The Kier molecular flexibility index (Phi) is 6.12. The predicted octanol–water partition coefficient (Wildman–Crippen LogP) is 2.11. The summed E-state index contributed by atoms with van der Waals surface area (Å²) in [5, 5.41) is 4.11. The van der Waals surface area contributed by atoms with E-state index in [1.807, 2.05) is 5.32 Å². The molecule has 1 heterocycles. The van der Waals surface area contributed by atoms with E-state index in [9.17, 15) is 18.8 Å². The van der Waals surface area contributed by atoms with Crippen LogP contribution in [0.25, 0.3) is 0 Å². The van der Waals surface area contributed by atoms with Crippen molar-refractivity contribution in [3.8, 4) is 17.2 Å². The molecular formula is C19H17FN2O7. The van der Waals surface area contributed by atoms with Gasteiger partial charge in [0.2, 0.25) is 5.75 Å². The van der Waals surface area contributed by atoms with E-state index in [0.717, 1.165) is 6.07 Å². The highest BCUT2D eigenvalue weighted by Crippen LogP contribution is 2.40. The van der Waals surface area contributed by atoms with Gasteiger partial charge in [0, 0.05) is 0 Å². The third-order valence-corrected chi connectivity index (χ3v) is 3.77. The molecule has 3 rings (SSSR count). The molecule has 0 aliphatic carbocycles. The number of carbonyl (C=O) groups excluding carboxylic acids is 3. The van der Waals surface area contributed by atoms with Crippen molar-refractivity contribution in [2.45, 2.75) is 0 Å². The molecule has 0 bridgehead atoms. The lowest BCUT2D eigenvalue weighted by Gasteiger charge is -2.21. The highest BCUT2D eigenvalue weighted by atomic mass is 19.1. The summed E-state index contributed by atoms with van der Waals surface area (Å²) >= 11 is 0. The van der Waals surface area contributed by atoms with Crippen LogP contribution in [0.3, 0.4) is 0 Å². The number of methoxy groups -OCH3 is 1. The third-order valence-electron chi connectivity index (χ3n) is 3.77. The average Bonchev–Trinajstić information content (AvgIpc) is 2.72. The number of benzene rings is 2. The third kappa shape index (κ3) is 4.92. The summed E-state index contributed by atoms with van der Waals surface area (Å²) in [6.45, 7) is -0.0588. The Balaban J connectivity index is 1.55. The largest absolute Gasteiger partial charge is 0.493 e. The van der Waals surface area contributed by atoms with Crippen molar-refractivity contribution < 1.29 is 37.7 Å². The zero-order valence-corrected chi connectivity index (χ0v) is 15.3. The standard InChI is InChI=1S/C19H17FN2O7/c1-26-14-8-11(9-15-17(14)28-7-6-27-15)18(24)29-10-16(23)22-19(25)21-13-5-3-2-4-12(13)20/h2-5,8-9H,6-7,10H2,1H3,(H2,21,22,23,25). The van der Waals surface area contributed by atoms with Gasteiger partial charge >= 0.3 is 12.0 Å². The first-order valence-corrected chi connectivity index (χ1v) is 8.48. The number of para-hydroxylation sites is 1. The number of halogens is 1. The molecule has 2 aromatic carbocycles. The van der Waals surface area contributed by atoms with E-state index in [-0.39, 0.29) is 17.0 Å². The fourth-order valence-electron chi connectivity index (χ4n) is 2.48. The number of urea groups is 1. The minimum Gasteiger partial charge on any atom is -0.493 e. The number of esters is 1. The van der Waals surface area contributed by atoms with Crippen molar-refractivity contribution in [2.24, 2.45) is 0 Å². The molecule has 3 amide bonds. The van der Waals surface area contributed by atoms with Crippen LogP contribution in [0.5, 0.6) is 17.2 Å². The number of hydrogen-bond acceptors (Lipinski definition) is 7. The van der Waals surface area contributed by atoms with Crippen LogP contribution in [0.2, 0.25) is 0 Å². The van der Waals surface area contributed by atoms with E-state index >= 15 is 0 Å². The SMILES string of the molecule is COc1cc(C(=O)OCC(=O)NC(=O)Nc2ccccc2F)cc2c1OCCO2. The Morgan fingerprint density at radius 2 is 1.90 bits per heavy atom. The van der Waals surface area contributed by atoms with E-state index in [4.69, 9.17) is 18.9 Å². The molecule has 0 saturated carbocycles. The quantitative estimate of drug-likeness (QED) is 0.734. The van der Waals surface area contributed by atoms with E-state index < -0.39 is 30.3 Å². The minimum atomic E-state index is -0.961. The second-order valence-corrected chi connectivity index (χ2v) is 5.76. The highest BCUT2D eigenvalue weighted by molar-refractivity contribution is 6.02. The van der Waals surface area contributed by atoms with Gasteiger partial charge in [0.15, 0.2) is 18.1 Å². The number of amides is 3. The van der Waals surface area contributed by atoms with Crippen molar-refractivity contribution in [3.63, 3.8) is 0 Å². The summed E-state index contributed by atoms with van der Waals surface area (Å²) in [6, 6.07) is 7.29. The van der Waals surface area contributed by atoms with Gasteiger partial charge in [0.25, 0.3) is 5.91 Å². The van der Waals surface area contributed by atoms with Crippen molar-refractivity contribution >= 4 is 23.6 Å². The Morgan fingerprint density at radius 1 is 1.14 bits per heavy atom. The lowest BCUT2D eigenvalue weighted by atomic mass is 10.1. The molecule has 9 nitrogen and oxygen atoms in total. The zero-order chi connectivity index (χ0) is 20.8. The number of ether oxygens (including phenoxy) is 4. The molecule has 0 atom stereocenters. The van der Waals surface area contributed by atoms with Gasteiger partial charge in [-0.15, -0.1) is 0 Å². The Morgan fingerprint density at radius 3 is 2.66 bits per heavy atom. The number of anilines is 1. The first-order valence-electron chi connectivity index (χ1n) is 8.48. The Bertz CT molecular complexity index is 931. The molecule has 1 aliphatic rings. The van der Waals surface area contributed by atoms with Gasteiger partial charge in [0.05, 0.1) is 18.4 Å². The molecule has 1 aliphatic heterocycles. The molecule has 29 heavy (non-hydrogen) atoms. The van der Waals surface area contributed by atoms with Gasteiger partial charge in [-0.25, -0.2) is 14.0 Å². The smallest absolute Gasteiger partial charge is 0.338 e. The number of fused-ring (bicyclic) bond motifs is 1. The summed E-state index contributed by atoms with van der Waals surface area (Å²) in [6.07, 6.45) is 0. The minimum absolute atomic E-state index is 0.0784. The number of nitrogens with one attached hydrogen (secondary N) is 2. The molecule has 152 valence electrons. The predicted molar refractivity (Wildman–Crippen MR) is 97.8 cm³/mol. The van der Waals surface area contributed by atoms with Crippen LogP contribution in [0.4, 0.5) is 14.9 Å². The lowest BCUT2D eigenvalue weighted by molar-refractivity contribution is -0.123. The molecule has 0 aromatic heterocycles. The van der Waals surface area contributed by atoms with E-state index in [2.05, 4.69) is 5.32 Å². The van der Waals surface area contributed by atoms with Gasteiger partial charge in [-0.1, -0.05) is 12.1 Å². The summed E-state index contributed by atoms with van der Waals surface area (Å²) in [5.74, 6) is -1.41. The van der Waals surface area contributed by atoms with Crippen molar-refractivity contribution in [1.29, 1.82) is 0 Å². The molecule has 0 fully saturated rings. The lowest BCUT2D eigenvalue weighted by Crippen LogP contribution is -2.37. The van der Waals surface area contributed by atoms with Crippen molar-refractivity contribution in [1.82, 2.24) is 5.32 Å². The molecular weight excluding hydrogens is 387 g/mol. The second-order valence-electron chi connectivity index (χ2n) is 5.76. The normalized spacial score (nSPS) is 11.9. The second kappa shape index (κ2) is 8.91. The summed E-state index contributed by atoms with van der Waals surface area (Å²) < 4.78 is 34.4. The van der Waals surface area contributed by atoms with E-state index in [1.54, 1.807) is 0 Å². The van der Waals surface area contributed by atoms with E-state index in [1.165, 1.54) is 37.4 Å². The maximum absolute atomic E-state index is 13.5. The van der Waals surface area contributed by atoms with Gasteiger partial charge in [-0.2, -0.15) is 0 Å². The number of imide groups is 1. The van der Waals surface area contributed by atoms with Gasteiger partial charge in [-0.3, -0.25) is 10.1 Å². The fourth-order valence-corrected chi connectivity index (χ4v) is 2.48. The summed E-state index contributed by atoms with van der Waals surface area (Å²) in [4.78, 5) is 35.8. The van der Waals surface area contributed by atoms with Crippen LogP contribution in [0.1, 0.15) is 10.4 Å². The zero-order valence-electron chi connectivity index (χ0n) is 15.3. The van der Waals surface area contributed by atoms with Gasteiger partial charge in [-0.05, 0) is 24.3 Å².